The summed E-state index contributed by atoms with van der Waals surface area (Å²) in [7, 11) is 0. The van der Waals surface area contributed by atoms with Gasteiger partial charge in [-0.15, -0.1) is 6.42 Å². The van der Waals surface area contributed by atoms with E-state index in [4.69, 9.17) is 11.2 Å². The molecule has 0 unspecified atom stereocenters. The van der Waals surface area contributed by atoms with Gasteiger partial charge in [-0.2, -0.15) is 4.98 Å². The van der Waals surface area contributed by atoms with Gasteiger partial charge < -0.3 is 25.4 Å². The number of carbonyl (C=O) groups is 1. The summed E-state index contributed by atoms with van der Waals surface area (Å²) in [6, 6.07) is 9.68. The minimum absolute atomic E-state index is 0.00777. The van der Waals surface area contributed by atoms with Crippen molar-refractivity contribution in [3.8, 4) is 12.3 Å². The highest BCUT2D eigenvalue weighted by atomic mass is 16.6. The van der Waals surface area contributed by atoms with Crippen LogP contribution in [0.4, 0.5) is 5.82 Å². The van der Waals surface area contributed by atoms with Crippen LogP contribution in [-0.4, -0.2) is 55.2 Å². The Balaban J connectivity index is 1.86. The molecule has 140 valence electrons. The predicted molar refractivity (Wildman–Crippen MR) is 93.7 cm³/mol. The Kier molecular flexibility index (Phi) is 5.07. The number of hydrogen-bond acceptors (Lipinski definition) is 7. The molecule has 0 aliphatic carbocycles. The molecule has 1 amide bonds. The van der Waals surface area contributed by atoms with Crippen molar-refractivity contribution in [2.45, 2.75) is 24.0 Å². The van der Waals surface area contributed by atoms with Gasteiger partial charge in [0.25, 0.3) is 5.91 Å². The summed E-state index contributed by atoms with van der Waals surface area (Å²) >= 11 is 0. The zero-order valence-corrected chi connectivity index (χ0v) is 14.0. The molecule has 0 bridgehead atoms. The topological polar surface area (TPSA) is 134 Å². The number of aliphatic hydroxyl groups is 3. The molecule has 1 aliphatic heterocycles. The number of hydrogen-bond donors (Lipinski definition) is 4. The number of rotatable bonds is 4. The number of anilines is 1. The quantitative estimate of drug-likeness (QED) is 0.512. The smallest absolute Gasteiger partial charge is 0.351 e. The molecule has 1 aromatic heterocycles. The lowest BCUT2D eigenvalue weighted by atomic mass is 9.95. The van der Waals surface area contributed by atoms with Crippen LogP contribution in [-0.2, 0) is 4.74 Å². The number of aliphatic hydroxyl groups excluding tert-OH is 2. The van der Waals surface area contributed by atoms with Gasteiger partial charge in [0.15, 0.2) is 11.8 Å². The van der Waals surface area contributed by atoms with Gasteiger partial charge in [-0.05, 0) is 18.2 Å². The van der Waals surface area contributed by atoms with E-state index in [9.17, 15) is 24.9 Å². The second-order valence-electron chi connectivity index (χ2n) is 5.95. The Morgan fingerprint density at radius 1 is 1.37 bits per heavy atom. The van der Waals surface area contributed by atoms with E-state index in [0.717, 1.165) is 4.57 Å². The summed E-state index contributed by atoms with van der Waals surface area (Å²) in [4.78, 5) is 28.2. The Labute approximate surface area is 153 Å². The van der Waals surface area contributed by atoms with Crippen molar-refractivity contribution >= 4 is 11.7 Å². The first kappa shape index (κ1) is 18.8. The molecule has 1 aliphatic rings. The maximum Gasteiger partial charge on any atom is 0.351 e. The van der Waals surface area contributed by atoms with Gasteiger partial charge in [0, 0.05) is 11.8 Å². The number of carbonyl (C=O) groups excluding carboxylic acids is 1. The first-order valence-electron chi connectivity index (χ1n) is 8.01. The van der Waals surface area contributed by atoms with Crippen LogP contribution >= 0.6 is 0 Å². The van der Waals surface area contributed by atoms with Crippen molar-refractivity contribution in [2.75, 3.05) is 11.9 Å². The van der Waals surface area contributed by atoms with Crippen LogP contribution in [0.5, 0.6) is 0 Å². The Hall–Kier alpha value is -3.03. The van der Waals surface area contributed by atoms with E-state index in [0.29, 0.717) is 5.56 Å². The lowest BCUT2D eigenvalue weighted by molar-refractivity contribution is -0.0763. The number of terminal acetylenes is 1. The molecule has 0 spiro atoms. The van der Waals surface area contributed by atoms with Gasteiger partial charge in [-0.1, -0.05) is 24.1 Å². The highest BCUT2D eigenvalue weighted by molar-refractivity contribution is 6.03. The molecule has 1 aromatic carbocycles. The van der Waals surface area contributed by atoms with E-state index in [1.54, 1.807) is 30.3 Å². The van der Waals surface area contributed by atoms with Crippen LogP contribution in [0, 0.1) is 12.3 Å². The summed E-state index contributed by atoms with van der Waals surface area (Å²) in [6.45, 7) is -0.602. The molecule has 4 N–H and O–H groups in total. The largest absolute Gasteiger partial charge is 0.394 e. The average Bonchev–Trinajstić information content (AvgIpc) is 2.94. The number of nitrogens with one attached hydrogen (secondary N) is 1. The third-order valence-corrected chi connectivity index (χ3v) is 4.25. The minimum atomic E-state index is -2.23. The molecule has 0 saturated carbocycles. The number of aromatic nitrogens is 2. The van der Waals surface area contributed by atoms with Crippen molar-refractivity contribution in [1.82, 2.24) is 9.55 Å². The van der Waals surface area contributed by atoms with Gasteiger partial charge >= 0.3 is 5.69 Å². The summed E-state index contributed by atoms with van der Waals surface area (Å²) in [5.74, 6) is 1.55. The SMILES string of the molecule is C#C[C@@]1(O)[C@H](O)[C@@H](CO)O[C@H]1n1ccc(NC(=O)c2ccccc2)nc1=O. The number of ether oxygens (including phenoxy) is 1. The summed E-state index contributed by atoms with van der Waals surface area (Å²) < 4.78 is 6.22. The molecule has 3 rings (SSSR count). The van der Waals surface area contributed by atoms with Crippen molar-refractivity contribution in [3.05, 3.63) is 58.6 Å². The van der Waals surface area contributed by atoms with Crippen molar-refractivity contribution in [1.29, 1.82) is 0 Å². The van der Waals surface area contributed by atoms with E-state index in [2.05, 4.69) is 10.3 Å². The van der Waals surface area contributed by atoms with Crippen LogP contribution in [0.3, 0.4) is 0 Å². The highest BCUT2D eigenvalue weighted by Crippen LogP contribution is 2.37. The molecule has 9 heteroatoms. The lowest BCUT2D eigenvalue weighted by Crippen LogP contribution is -2.47. The zero-order valence-electron chi connectivity index (χ0n) is 14.0. The van der Waals surface area contributed by atoms with E-state index in [1.165, 1.54) is 12.3 Å². The number of amides is 1. The summed E-state index contributed by atoms with van der Waals surface area (Å²) in [6.07, 6.45) is 2.30. The van der Waals surface area contributed by atoms with E-state index in [-0.39, 0.29) is 5.82 Å². The maximum absolute atomic E-state index is 12.3. The molecule has 4 atom stereocenters. The molecule has 1 saturated heterocycles. The molecular formula is C18H17N3O6. The number of benzene rings is 1. The lowest BCUT2D eigenvalue weighted by Gasteiger charge is -2.26. The molecule has 1 fully saturated rings. The van der Waals surface area contributed by atoms with Crippen molar-refractivity contribution in [2.24, 2.45) is 0 Å². The summed E-state index contributed by atoms with van der Waals surface area (Å²) in [5, 5.41) is 32.3. The molecule has 27 heavy (non-hydrogen) atoms. The molecular weight excluding hydrogens is 354 g/mol. The maximum atomic E-state index is 12.3. The summed E-state index contributed by atoms with van der Waals surface area (Å²) in [5.41, 5.74) is -2.71. The first-order chi connectivity index (χ1) is 12.9. The van der Waals surface area contributed by atoms with E-state index in [1.807, 2.05) is 5.92 Å². The van der Waals surface area contributed by atoms with Crippen LogP contribution in [0.15, 0.2) is 47.4 Å². The first-order valence-corrected chi connectivity index (χ1v) is 8.01. The Morgan fingerprint density at radius 3 is 2.67 bits per heavy atom. The predicted octanol–water partition coefficient (Wildman–Crippen LogP) is -0.890. The van der Waals surface area contributed by atoms with Gasteiger partial charge in [0.1, 0.15) is 18.0 Å². The zero-order chi connectivity index (χ0) is 19.6. The fourth-order valence-corrected chi connectivity index (χ4v) is 2.79. The van der Waals surface area contributed by atoms with Gasteiger partial charge in [-0.25, -0.2) is 4.79 Å². The third kappa shape index (κ3) is 3.34. The molecule has 0 radical (unpaired) electrons. The molecule has 9 nitrogen and oxygen atoms in total. The highest BCUT2D eigenvalue weighted by Gasteiger charge is 2.55. The third-order valence-electron chi connectivity index (χ3n) is 4.25. The van der Waals surface area contributed by atoms with E-state index >= 15 is 0 Å². The van der Waals surface area contributed by atoms with Crippen molar-refractivity contribution in [3.63, 3.8) is 0 Å². The Morgan fingerprint density at radius 2 is 2.07 bits per heavy atom. The average molecular weight is 371 g/mol. The van der Waals surface area contributed by atoms with Crippen LogP contribution in [0.2, 0.25) is 0 Å². The van der Waals surface area contributed by atoms with E-state index < -0.39 is 42.2 Å². The van der Waals surface area contributed by atoms with Gasteiger partial charge in [0.05, 0.1) is 6.61 Å². The Bertz CT molecular complexity index is 938. The fourth-order valence-electron chi connectivity index (χ4n) is 2.79. The second kappa shape index (κ2) is 7.30. The molecule has 2 aromatic rings. The van der Waals surface area contributed by atoms with Gasteiger partial charge in [0.2, 0.25) is 0 Å². The van der Waals surface area contributed by atoms with Crippen molar-refractivity contribution < 1.29 is 24.9 Å². The fraction of sp³-hybridized carbons (Fsp3) is 0.278. The van der Waals surface area contributed by atoms with Gasteiger partial charge in [-0.3, -0.25) is 9.36 Å². The van der Waals surface area contributed by atoms with Crippen LogP contribution in [0.25, 0.3) is 0 Å². The number of nitrogens with zero attached hydrogens (tertiary/aromatic N) is 2. The molecule has 2 heterocycles. The second-order valence-corrected chi connectivity index (χ2v) is 5.95. The van der Waals surface area contributed by atoms with Crippen LogP contribution < -0.4 is 11.0 Å². The standard InChI is InChI=1S/C18H17N3O6/c1-2-18(26)14(23)12(10-22)27-16(18)21-9-8-13(20-17(21)25)19-15(24)11-6-4-3-5-7-11/h1,3-9,12,14,16,22-23,26H,10H2,(H,19,20,24,25)/t12-,14-,16-,18-/m1/s1. The minimum Gasteiger partial charge on any atom is -0.394 e. The monoisotopic (exact) mass is 371 g/mol. The van der Waals surface area contributed by atoms with Crippen LogP contribution in [0.1, 0.15) is 16.6 Å². The normalized spacial score (nSPS) is 27.1.